The van der Waals surface area contributed by atoms with Crippen LogP contribution in [0.5, 0.6) is 0 Å². The summed E-state index contributed by atoms with van der Waals surface area (Å²) in [5.41, 5.74) is 7.28. The Hall–Kier alpha value is -1.85. The van der Waals surface area contributed by atoms with E-state index in [1.54, 1.807) is 0 Å². The lowest BCUT2D eigenvalue weighted by Gasteiger charge is -2.27. The van der Waals surface area contributed by atoms with Crippen LogP contribution in [0.15, 0.2) is 47.0 Å². The second kappa shape index (κ2) is 11.8. The zero-order valence-corrected chi connectivity index (χ0v) is 18.6. The fraction of sp³-hybridized carbons (Fsp3) is 0.440. The number of nitrogens with zero attached hydrogens (tertiary/aromatic N) is 1. The third kappa shape index (κ3) is 7.00. The topological polar surface area (TPSA) is 3.24 Å². The molecular weight excluding hydrogens is 346 g/mol. The number of hydrogen-bond acceptors (Lipinski definition) is 2. The molecule has 1 aromatic rings. The van der Waals surface area contributed by atoms with Gasteiger partial charge in [0.1, 0.15) is 0 Å². The van der Waals surface area contributed by atoms with Gasteiger partial charge in [0.25, 0.3) is 0 Å². The van der Waals surface area contributed by atoms with Gasteiger partial charge in [-0.25, -0.2) is 0 Å². The number of aryl methyl sites for hydroxylation is 2. The van der Waals surface area contributed by atoms with E-state index < -0.39 is 0 Å². The van der Waals surface area contributed by atoms with E-state index in [-0.39, 0.29) is 0 Å². The average molecular weight is 382 g/mol. The van der Waals surface area contributed by atoms with Crippen LogP contribution in [-0.4, -0.2) is 18.0 Å². The summed E-state index contributed by atoms with van der Waals surface area (Å²) < 4.78 is 0. The molecule has 0 heterocycles. The molecule has 0 bridgehead atoms. The maximum atomic E-state index is 5.56. The maximum absolute atomic E-state index is 5.56. The van der Waals surface area contributed by atoms with Crippen molar-refractivity contribution in [2.45, 2.75) is 65.2 Å². The normalized spacial score (nSPS) is 12.9. The molecule has 0 radical (unpaired) electrons. The smallest absolute Gasteiger partial charge is 0.0480 e. The van der Waals surface area contributed by atoms with Crippen LogP contribution in [0, 0.1) is 26.2 Å². The highest BCUT2D eigenvalue weighted by atomic mass is 32.1. The lowest BCUT2D eigenvalue weighted by atomic mass is 10.0. The first-order valence-corrected chi connectivity index (χ1v) is 10.4. The minimum Gasteiger partial charge on any atom is -0.371 e. The van der Waals surface area contributed by atoms with Gasteiger partial charge in [-0.1, -0.05) is 44.1 Å². The van der Waals surface area contributed by atoms with Crippen molar-refractivity contribution in [3.63, 3.8) is 0 Å². The molecule has 146 valence electrons. The van der Waals surface area contributed by atoms with Crippen LogP contribution in [0.1, 0.15) is 63.1 Å². The Kier molecular flexibility index (Phi) is 10.1. The fourth-order valence-electron chi connectivity index (χ4n) is 3.29. The van der Waals surface area contributed by atoms with E-state index in [1.807, 2.05) is 6.92 Å². The van der Waals surface area contributed by atoms with Crippen molar-refractivity contribution in [3.8, 4) is 12.3 Å². The molecule has 0 spiro atoms. The molecule has 27 heavy (non-hydrogen) atoms. The zero-order chi connectivity index (χ0) is 20.4. The maximum Gasteiger partial charge on any atom is 0.0480 e. The number of benzene rings is 1. The minimum absolute atomic E-state index is 1.03. The summed E-state index contributed by atoms with van der Waals surface area (Å²) in [5, 5.41) is 0. The van der Waals surface area contributed by atoms with Crippen LogP contribution in [0.4, 0.5) is 0 Å². The summed E-state index contributed by atoms with van der Waals surface area (Å²) in [5.74, 6) is 2.84. The number of hydrogen-bond donors (Lipinski definition) is 1. The summed E-state index contributed by atoms with van der Waals surface area (Å²) >= 11 is 4.37. The minimum atomic E-state index is 1.03. The van der Waals surface area contributed by atoms with Crippen LogP contribution < -0.4 is 0 Å². The Morgan fingerprint density at radius 1 is 1.19 bits per heavy atom. The van der Waals surface area contributed by atoms with Crippen LogP contribution in [0.3, 0.4) is 0 Å². The molecule has 0 amide bonds. The number of terminal acetylenes is 1. The van der Waals surface area contributed by atoms with Crippen LogP contribution in [0.25, 0.3) is 5.57 Å². The van der Waals surface area contributed by atoms with E-state index in [0.717, 1.165) is 36.4 Å². The van der Waals surface area contributed by atoms with E-state index >= 15 is 0 Å². The van der Waals surface area contributed by atoms with Crippen molar-refractivity contribution in [1.29, 1.82) is 0 Å². The average Bonchev–Trinajstić information content (AvgIpc) is 2.64. The number of rotatable bonds is 6. The third-order valence-electron chi connectivity index (χ3n) is 4.65. The quantitative estimate of drug-likeness (QED) is 0.411. The molecular formula is C25H35NS. The van der Waals surface area contributed by atoms with Gasteiger partial charge >= 0.3 is 0 Å². The Morgan fingerprint density at radius 2 is 1.81 bits per heavy atom. The van der Waals surface area contributed by atoms with Gasteiger partial charge in [-0.2, -0.15) is 0 Å². The lowest BCUT2D eigenvalue weighted by Crippen LogP contribution is -2.25. The first-order valence-electron chi connectivity index (χ1n) is 9.92. The van der Waals surface area contributed by atoms with Gasteiger partial charge in [0, 0.05) is 29.3 Å². The predicted octanol–water partition coefficient (Wildman–Crippen LogP) is 6.97. The molecule has 0 aromatic heterocycles. The van der Waals surface area contributed by atoms with Crippen LogP contribution in [-0.2, 0) is 0 Å². The molecule has 1 aromatic carbocycles. The van der Waals surface area contributed by atoms with Crippen molar-refractivity contribution in [3.05, 3.63) is 58.8 Å². The Morgan fingerprint density at radius 3 is 2.33 bits per heavy atom. The molecule has 0 fully saturated rings. The van der Waals surface area contributed by atoms with E-state index in [4.69, 9.17) is 6.42 Å². The van der Waals surface area contributed by atoms with Crippen LogP contribution in [0.2, 0.25) is 0 Å². The van der Waals surface area contributed by atoms with E-state index in [0.29, 0.717) is 0 Å². The highest BCUT2D eigenvalue weighted by Crippen LogP contribution is 2.24. The molecule has 1 nitrogen and oxygen atoms in total. The molecule has 1 aliphatic carbocycles. The van der Waals surface area contributed by atoms with Gasteiger partial charge in [-0.15, -0.1) is 19.1 Å². The van der Waals surface area contributed by atoms with Crippen molar-refractivity contribution in [1.82, 2.24) is 4.90 Å². The standard InChI is InChI=1S/C14H21N.C11H14S/c1-4-11-15(12-5-2)14-10-8-7-9-13(14)6-3;1-7(2)10-6-11(12)9(4)5-8(10)3/h3,8,10H,4-5,7,9,11-12H2,1-2H3;5-6,12H,1H2,2-4H3. The molecule has 0 unspecified atom stereocenters. The van der Waals surface area contributed by atoms with Gasteiger partial charge < -0.3 is 4.90 Å². The number of allylic oxidation sites excluding steroid dienone is 4. The van der Waals surface area contributed by atoms with E-state index in [2.05, 4.69) is 82.0 Å². The molecule has 2 heteroatoms. The zero-order valence-electron chi connectivity index (χ0n) is 17.7. The summed E-state index contributed by atoms with van der Waals surface area (Å²) in [4.78, 5) is 3.46. The van der Waals surface area contributed by atoms with Gasteiger partial charge in [-0.3, -0.25) is 0 Å². The Labute approximate surface area is 172 Å². The summed E-state index contributed by atoms with van der Waals surface area (Å²) in [6.45, 7) is 16.8. The Bertz CT molecular complexity index is 740. The monoisotopic (exact) mass is 381 g/mol. The molecule has 1 aliphatic rings. The van der Waals surface area contributed by atoms with Gasteiger partial charge in [0.05, 0.1) is 0 Å². The van der Waals surface area contributed by atoms with Crippen molar-refractivity contribution >= 4 is 18.2 Å². The highest BCUT2D eigenvalue weighted by molar-refractivity contribution is 7.80. The predicted molar refractivity (Wildman–Crippen MR) is 124 cm³/mol. The summed E-state index contributed by atoms with van der Waals surface area (Å²) in [6.07, 6.45) is 14.5. The number of thiol groups is 1. The molecule has 0 N–H and O–H groups in total. The second-order valence-corrected chi connectivity index (χ2v) is 7.65. The van der Waals surface area contributed by atoms with Crippen molar-refractivity contribution in [2.24, 2.45) is 0 Å². The molecule has 0 saturated carbocycles. The first-order chi connectivity index (χ1) is 12.8. The van der Waals surface area contributed by atoms with E-state index in [1.165, 1.54) is 40.8 Å². The summed E-state index contributed by atoms with van der Waals surface area (Å²) in [7, 11) is 0. The second-order valence-electron chi connectivity index (χ2n) is 7.17. The Balaban J connectivity index is 0.000000277. The SMILES string of the molecule is C#CC1=C(N(CCC)CCC)C=CCC1.C=C(C)c1cc(S)c(C)cc1C. The first kappa shape index (κ1) is 23.2. The largest absolute Gasteiger partial charge is 0.371 e. The molecule has 2 rings (SSSR count). The lowest BCUT2D eigenvalue weighted by molar-refractivity contribution is 0.350. The molecule has 0 saturated heterocycles. The molecule has 0 atom stereocenters. The fourth-order valence-corrected chi connectivity index (χ4v) is 3.48. The van der Waals surface area contributed by atoms with E-state index in [9.17, 15) is 0 Å². The summed E-state index contributed by atoms with van der Waals surface area (Å²) in [6, 6.07) is 4.22. The highest BCUT2D eigenvalue weighted by Gasteiger charge is 2.12. The molecule has 0 aliphatic heterocycles. The van der Waals surface area contributed by atoms with Gasteiger partial charge in [0.2, 0.25) is 0 Å². The van der Waals surface area contributed by atoms with Crippen molar-refractivity contribution in [2.75, 3.05) is 13.1 Å². The third-order valence-corrected chi connectivity index (χ3v) is 5.13. The van der Waals surface area contributed by atoms with Crippen LogP contribution >= 0.6 is 12.6 Å². The van der Waals surface area contributed by atoms with Crippen molar-refractivity contribution < 1.29 is 0 Å². The van der Waals surface area contributed by atoms with Gasteiger partial charge in [-0.05, 0) is 75.3 Å². The van der Waals surface area contributed by atoms with Gasteiger partial charge in [0.15, 0.2) is 0 Å².